The highest BCUT2D eigenvalue weighted by molar-refractivity contribution is 5.87. The highest BCUT2D eigenvalue weighted by Gasteiger charge is 2.34. The van der Waals surface area contributed by atoms with Gasteiger partial charge < -0.3 is 5.11 Å². The molecule has 0 radical (unpaired) electrons. The van der Waals surface area contributed by atoms with Gasteiger partial charge in [0.05, 0.1) is 5.69 Å². The Morgan fingerprint density at radius 2 is 2.21 bits per heavy atom. The number of aryl methyl sites for hydroxylation is 1. The Morgan fingerprint density at radius 1 is 1.47 bits per heavy atom. The molecule has 2 aromatic rings. The van der Waals surface area contributed by atoms with E-state index >= 15 is 0 Å². The van der Waals surface area contributed by atoms with Gasteiger partial charge in [0.15, 0.2) is 5.69 Å². The first-order valence-electron chi connectivity index (χ1n) is 6.03. The van der Waals surface area contributed by atoms with E-state index in [0.717, 1.165) is 18.4 Å². The monoisotopic (exact) mass is 261 g/mol. The number of hydrogen-bond acceptors (Lipinski definition) is 3. The molecule has 1 aliphatic carbocycles. The minimum absolute atomic E-state index is 0.0802. The SMILES string of the molecule is Cc1ccc(F)c(-n2nnc(C(=O)O)c2C2CC2)c1. The molecule has 1 aromatic carbocycles. The topological polar surface area (TPSA) is 68.0 Å². The van der Waals surface area contributed by atoms with E-state index in [-0.39, 0.29) is 17.3 Å². The van der Waals surface area contributed by atoms with E-state index < -0.39 is 11.8 Å². The van der Waals surface area contributed by atoms with Crippen LogP contribution in [0, 0.1) is 12.7 Å². The number of carboxylic acids is 1. The number of benzene rings is 1. The van der Waals surface area contributed by atoms with Gasteiger partial charge in [-0.1, -0.05) is 11.3 Å². The van der Waals surface area contributed by atoms with Gasteiger partial charge in [0.2, 0.25) is 0 Å². The molecule has 0 aliphatic heterocycles. The van der Waals surface area contributed by atoms with Crippen LogP contribution in [0.15, 0.2) is 18.2 Å². The molecule has 1 heterocycles. The average Bonchev–Trinajstić information content (AvgIpc) is 3.11. The molecule has 1 saturated carbocycles. The zero-order chi connectivity index (χ0) is 13.6. The molecule has 0 saturated heterocycles. The minimum atomic E-state index is -1.12. The summed E-state index contributed by atoms with van der Waals surface area (Å²) >= 11 is 0. The summed E-state index contributed by atoms with van der Waals surface area (Å²) in [6, 6.07) is 4.65. The van der Waals surface area contributed by atoms with Crippen molar-refractivity contribution in [2.24, 2.45) is 0 Å². The van der Waals surface area contributed by atoms with Gasteiger partial charge in [0, 0.05) is 5.92 Å². The summed E-state index contributed by atoms with van der Waals surface area (Å²) in [5.41, 5.74) is 1.55. The predicted octanol–water partition coefficient (Wildman–Crippen LogP) is 2.29. The van der Waals surface area contributed by atoms with Gasteiger partial charge in [-0.05, 0) is 37.5 Å². The molecular weight excluding hydrogens is 249 g/mol. The third-order valence-corrected chi connectivity index (χ3v) is 3.20. The summed E-state index contributed by atoms with van der Waals surface area (Å²) in [5, 5.41) is 16.6. The molecular formula is C13H12FN3O2. The van der Waals surface area contributed by atoms with Gasteiger partial charge in [-0.25, -0.2) is 13.9 Å². The third kappa shape index (κ3) is 1.99. The lowest BCUT2D eigenvalue weighted by Crippen LogP contribution is -2.07. The molecule has 0 unspecified atom stereocenters. The molecule has 1 aromatic heterocycles. The Bertz CT molecular complexity index is 662. The quantitative estimate of drug-likeness (QED) is 0.920. The van der Waals surface area contributed by atoms with Crippen molar-refractivity contribution in [3.63, 3.8) is 0 Å². The van der Waals surface area contributed by atoms with E-state index in [2.05, 4.69) is 10.3 Å². The second-order valence-electron chi connectivity index (χ2n) is 4.77. The van der Waals surface area contributed by atoms with Crippen molar-refractivity contribution in [3.8, 4) is 5.69 Å². The van der Waals surface area contributed by atoms with Crippen LogP contribution in [0.5, 0.6) is 0 Å². The van der Waals surface area contributed by atoms with Crippen LogP contribution >= 0.6 is 0 Å². The van der Waals surface area contributed by atoms with Crippen LogP contribution in [0.2, 0.25) is 0 Å². The van der Waals surface area contributed by atoms with E-state index in [4.69, 9.17) is 5.11 Å². The Morgan fingerprint density at radius 3 is 2.84 bits per heavy atom. The third-order valence-electron chi connectivity index (χ3n) is 3.20. The van der Waals surface area contributed by atoms with E-state index in [9.17, 15) is 9.18 Å². The van der Waals surface area contributed by atoms with E-state index in [1.54, 1.807) is 12.1 Å². The number of aromatic carboxylic acids is 1. The van der Waals surface area contributed by atoms with Gasteiger partial charge in [0.1, 0.15) is 11.5 Å². The normalized spacial score (nSPS) is 14.6. The second kappa shape index (κ2) is 4.15. The number of rotatable bonds is 3. The van der Waals surface area contributed by atoms with Crippen molar-refractivity contribution < 1.29 is 14.3 Å². The molecule has 1 aliphatic rings. The van der Waals surface area contributed by atoms with Crippen molar-refractivity contribution in [1.82, 2.24) is 15.0 Å². The zero-order valence-electron chi connectivity index (χ0n) is 10.3. The number of aromatic nitrogens is 3. The second-order valence-corrected chi connectivity index (χ2v) is 4.77. The van der Waals surface area contributed by atoms with Gasteiger partial charge in [-0.2, -0.15) is 0 Å². The minimum Gasteiger partial charge on any atom is -0.476 e. The van der Waals surface area contributed by atoms with Crippen LogP contribution in [0.3, 0.4) is 0 Å². The van der Waals surface area contributed by atoms with Crippen LogP contribution in [0.25, 0.3) is 5.69 Å². The Balaban J connectivity index is 2.20. The first-order chi connectivity index (χ1) is 9.08. The largest absolute Gasteiger partial charge is 0.476 e. The van der Waals surface area contributed by atoms with E-state index in [1.165, 1.54) is 10.7 Å². The molecule has 98 valence electrons. The van der Waals surface area contributed by atoms with Crippen molar-refractivity contribution in [2.75, 3.05) is 0 Å². The molecule has 1 fully saturated rings. The summed E-state index contributed by atoms with van der Waals surface area (Å²) in [4.78, 5) is 11.1. The average molecular weight is 261 g/mol. The molecule has 6 heteroatoms. The van der Waals surface area contributed by atoms with E-state index in [0.29, 0.717) is 5.69 Å². The summed E-state index contributed by atoms with van der Waals surface area (Å²) < 4.78 is 15.2. The summed E-state index contributed by atoms with van der Waals surface area (Å²) in [6.45, 7) is 1.84. The Labute approximate surface area is 108 Å². The van der Waals surface area contributed by atoms with Gasteiger partial charge >= 0.3 is 5.97 Å². The lowest BCUT2D eigenvalue weighted by Gasteiger charge is -2.08. The number of carbonyl (C=O) groups is 1. The molecule has 0 amide bonds. The van der Waals surface area contributed by atoms with E-state index in [1.807, 2.05) is 6.92 Å². The van der Waals surface area contributed by atoms with Crippen LogP contribution in [-0.2, 0) is 0 Å². The molecule has 19 heavy (non-hydrogen) atoms. The first-order valence-corrected chi connectivity index (χ1v) is 6.03. The summed E-state index contributed by atoms with van der Waals surface area (Å²) in [5.74, 6) is -1.45. The summed E-state index contributed by atoms with van der Waals surface area (Å²) in [6.07, 6.45) is 1.78. The Kier molecular flexibility index (Phi) is 2.58. The predicted molar refractivity (Wildman–Crippen MR) is 65.0 cm³/mol. The molecule has 3 rings (SSSR count). The lowest BCUT2D eigenvalue weighted by atomic mass is 10.2. The van der Waals surface area contributed by atoms with Crippen molar-refractivity contribution in [3.05, 3.63) is 41.0 Å². The fourth-order valence-electron chi connectivity index (χ4n) is 2.13. The molecule has 0 atom stereocenters. The van der Waals surface area contributed by atoms with Crippen LogP contribution in [-0.4, -0.2) is 26.1 Å². The molecule has 1 N–H and O–H groups in total. The highest BCUT2D eigenvalue weighted by atomic mass is 19.1. The van der Waals surface area contributed by atoms with Gasteiger partial charge in [0.25, 0.3) is 0 Å². The number of carboxylic acid groups (broad SMARTS) is 1. The number of halogens is 1. The number of nitrogens with zero attached hydrogens (tertiary/aromatic N) is 3. The molecule has 0 bridgehead atoms. The van der Waals surface area contributed by atoms with Crippen molar-refractivity contribution in [2.45, 2.75) is 25.7 Å². The Hall–Kier alpha value is -2.24. The zero-order valence-corrected chi connectivity index (χ0v) is 10.3. The van der Waals surface area contributed by atoms with Crippen molar-refractivity contribution in [1.29, 1.82) is 0 Å². The standard InChI is InChI=1S/C13H12FN3O2/c1-7-2-5-9(14)10(6-7)17-12(8-3-4-8)11(13(18)19)15-16-17/h2,5-6,8H,3-4H2,1H3,(H,18,19). The molecule has 0 spiro atoms. The lowest BCUT2D eigenvalue weighted by molar-refractivity contribution is 0.0689. The van der Waals surface area contributed by atoms with Crippen LogP contribution in [0.4, 0.5) is 4.39 Å². The maximum Gasteiger partial charge on any atom is 0.358 e. The maximum absolute atomic E-state index is 13.9. The van der Waals surface area contributed by atoms with Crippen molar-refractivity contribution >= 4 is 5.97 Å². The van der Waals surface area contributed by atoms with Crippen LogP contribution in [0.1, 0.15) is 40.5 Å². The maximum atomic E-state index is 13.9. The fraction of sp³-hybridized carbons (Fsp3) is 0.308. The number of hydrogen-bond donors (Lipinski definition) is 1. The van der Waals surface area contributed by atoms with Crippen LogP contribution < -0.4 is 0 Å². The summed E-state index contributed by atoms with van der Waals surface area (Å²) in [7, 11) is 0. The smallest absolute Gasteiger partial charge is 0.358 e. The van der Waals surface area contributed by atoms with Gasteiger partial charge in [-0.3, -0.25) is 0 Å². The fourth-order valence-corrected chi connectivity index (χ4v) is 2.13. The first kappa shape index (κ1) is 11.8. The molecule has 5 nitrogen and oxygen atoms in total. The van der Waals surface area contributed by atoms with Gasteiger partial charge in [-0.15, -0.1) is 5.10 Å². The highest BCUT2D eigenvalue weighted by Crippen LogP contribution is 2.42.